The fourth-order valence-corrected chi connectivity index (χ4v) is 2.28. The van der Waals surface area contributed by atoms with Crippen molar-refractivity contribution in [2.45, 2.75) is 19.4 Å². The van der Waals surface area contributed by atoms with Crippen LogP contribution in [0.1, 0.15) is 24.9 Å². The highest BCUT2D eigenvalue weighted by atomic mass is 79.9. The number of ether oxygens (including phenoxy) is 1. The van der Waals surface area contributed by atoms with Gasteiger partial charge in [-0.2, -0.15) is 0 Å². The Kier molecular flexibility index (Phi) is 6.68. The summed E-state index contributed by atoms with van der Waals surface area (Å²) in [5, 5.41) is 3.30. The fourth-order valence-electron chi connectivity index (χ4n) is 1.94. The van der Waals surface area contributed by atoms with Gasteiger partial charge in [-0.05, 0) is 38.1 Å². The summed E-state index contributed by atoms with van der Waals surface area (Å²) in [5.41, 5.74) is 2.59. The molecule has 0 amide bonds. The highest BCUT2D eigenvalue weighted by Gasteiger charge is 2.12. The summed E-state index contributed by atoms with van der Waals surface area (Å²) in [7, 11) is 5.86. The predicted octanol–water partition coefficient (Wildman–Crippen LogP) is 3.20. The molecular weight excluding hydrogens is 292 g/mol. The molecule has 1 rings (SSSR count). The molecule has 0 aliphatic heterocycles. The number of anilines is 1. The minimum atomic E-state index is 0.345. The van der Waals surface area contributed by atoms with E-state index in [0.717, 1.165) is 24.0 Å². The third kappa shape index (κ3) is 4.26. The Morgan fingerprint density at radius 1 is 1.44 bits per heavy atom. The van der Waals surface area contributed by atoms with E-state index < -0.39 is 0 Å². The van der Waals surface area contributed by atoms with E-state index in [9.17, 15) is 0 Å². The van der Waals surface area contributed by atoms with E-state index in [4.69, 9.17) is 4.74 Å². The van der Waals surface area contributed by atoms with Crippen molar-refractivity contribution in [3.8, 4) is 0 Å². The summed E-state index contributed by atoms with van der Waals surface area (Å²) >= 11 is 3.55. The highest BCUT2D eigenvalue weighted by molar-refractivity contribution is 9.10. The van der Waals surface area contributed by atoms with Crippen molar-refractivity contribution in [2.75, 3.05) is 39.3 Å². The van der Waals surface area contributed by atoms with Crippen LogP contribution in [-0.2, 0) is 4.74 Å². The summed E-state index contributed by atoms with van der Waals surface area (Å²) in [4.78, 5) is 2.28. The van der Waals surface area contributed by atoms with Crippen LogP contribution >= 0.6 is 15.9 Å². The van der Waals surface area contributed by atoms with Gasteiger partial charge in [0, 0.05) is 43.5 Å². The van der Waals surface area contributed by atoms with Gasteiger partial charge in [0.25, 0.3) is 0 Å². The molecule has 1 aromatic rings. The van der Waals surface area contributed by atoms with Crippen LogP contribution in [0, 0.1) is 0 Å². The zero-order valence-corrected chi connectivity index (χ0v) is 13.3. The van der Waals surface area contributed by atoms with E-state index in [1.807, 2.05) is 7.05 Å². The molecular formula is C14H23BrN2O. The Bertz CT molecular complexity index is 371. The number of benzene rings is 1. The minimum absolute atomic E-state index is 0.345. The maximum absolute atomic E-state index is 5.10. The van der Waals surface area contributed by atoms with E-state index in [1.54, 1.807) is 7.11 Å². The third-order valence-electron chi connectivity index (χ3n) is 3.15. The van der Waals surface area contributed by atoms with Crippen molar-refractivity contribution in [3.05, 3.63) is 28.2 Å². The smallest absolute Gasteiger partial charge is 0.0479 e. The van der Waals surface area contributed by atoms with Crippen LogP contribution in [0.25, 0.3) is 0 Å². The number of methoxy groups -OCH3 is 1. The second-order valence-corrected chi connectivity index (χ2v) is 5.40. The minimum Gasteiger partial charge on any atom is -0.385 e. The zero-order valence-electron chi connectivity index (χ0n) is 11.7. The molecule has 1 N–H and O–H groups in total. The van der Waals surface area contributed by atoms with Gasteiger partial charge in [0.05, 0.1) is 0 Å². The second kappa shape index (κ2) is 7.77. The number of nitrogens with zero attached hydrogens (tertiary/aromatic N) is 1. The maximum atomic E-state index is 5.10. The summed E-state index contributed by atoms with van der Waals surface area (Å²) in [6, 6.07) is 6.79. The molecule has 0 aliphatic rings. The van der Waals surface area contributed by atoms with Crippen LogP contribution in [0.4, 0.5) is 5.69 Å². The molecule has 0 saturated carbocycles. The lowest BCUT2D eigenvalue weighted by Gasteiger charge is -2.25. The average molecular weight is 315 g/mol. The van der Waals surface area contributed by atoms with Gasteiger partial charge in [-0.3, -0.25) is 0 Å². The molecule has 1 aromatic carbocycles. The van der Waals surface area contributed by atoms with Gasteiger partial charge in [0.2, 0.25) is 0 Å². The van der Waals surface area contributed by atoms with Crippen molar-refractivity contribution in [3.63, 3.8) is 0 Å². The standard InChI is InChI=1S/C14H23BrN2O/c1-11(16-2)13-7-6-12(15)10-14(13)17(3)8-5-9-18-4/h6-7,10-11,16H,5,8-9H2,1-4H3. The molecule has 0 radical (unpaired) electrons. The van der Waals surface area contributed by atoms with Crippen LogP contribution in [-0.4, -0.2) is 34.4 Å². The van der Waals surface area contributed by atoms with Crippen LogP contribution in [0.3, 0.4) is 0 Å². The van der Waals surface area contributed by atoms with Gasteiger partial charge in [0.1, 0.15) is 0 Å². The molecule has 18 heavy (non-hydrogen) atoms. The molecule has 0 bridgehead atoms. The Morgan fingerprint density at radius 2 is 2.17 bits per heavy atom. The first kappa shape index (κ1) is 15.5. The van der Waals surface area contributed by atoms with E-state index in [2.05, 4.69) is 58.3 Å². The van der Waals surface area contributed by atoms with Crippen molar-refractivity contribution >= 4 is 21.6 Å². The number of nitrogens with one attached hydrogen (secondary N) is 1. The number of hydrogen-bond acceptors (Lipinski definition) is 3. The molecule has 1 unspecified atom stereocenters. The molecule has 0 aliphatic carbocycles. The molecule has 1 atom stereocenters. The van der Waals surface area contributed by atoms with Gasteiger partial charge in [-0.25, -0.2) is 0 Å². The van der Waals surface area contributed by atoms with Crippen LogP contribution in [0.2, 0.25) is 0 Å². The number of hydrogen-bond donors (Lipinski definition) is 1. The van der Waals surface area contributed by atoms with E-state index in [-0.39, 0.29) is 0 Å². The molecule has 4 heteroatoms. The quantitative estimate of drug-likeness (QED) is 0.782. The second-order valence-electron chi connectivity index (χ2n) is 4.48. The Morgan fingerprint density at radius 3 is 2.78 bits per heavy atom. The Labute approximate surface area is 119 Å². The Hall–Kier alpha value is -0.580. The van der Waals surface area contributed by atoms with E-state index in [0.29, 0.717) is 6.04 Å². The molecule has 0 aromatic heterocycles. The summed E-state index contributed by atoms with van der Waals surface area (Å²) in [5.74, 6) is 0. The first-order valence-electron chi connectivity index (χ1n) is 6.27. The predicted molar refractivity (Wildman–Crippen MR) is 81.4 cm³/mol. The lowest BCUT2D eigenvalue weighted by Crippen LogP contribution is -2.23. The van der Waals surface area contributed by atoms with Crippen molar-refractivity contribution in [1.82, 2.24) is 5.32 Å². The number of halogens is 1. The van der Waals surface area contributed by atoms with Gasteiger partial charge in [-0.1, -0.05) is 22.0 Å². The van der Waals surface area contributed by atoms with Crippen LogP contribution in [0.15, 0.2) is 22.7 Å². The van der Waals surface area contributed by atoms with Crippen LogP contribution in [0.5, 0.6) is 0 Å². The summed E-state index contributed by atoms with van der Waals surface area (Å²) in [6.45, 7) is 3.97. The average Bonchev–Trinajstić information content (AvgIpc) is 2.38. The van der Waals surface area contributed by atoms with Gasteiger partial charge >= 0.3 is 0 Å². The SMILES string of the molecule is CNC(C)c1ccc(Br)cc1N(C)CCCOC. The molecule has 0 saturated heterocycles. The molecule has 0 heterocycles. The topological polar surface area (TPSA) is 24.5 Å². The molecule has 0 fully saturated rings. The summed E-state index contributed by atoms with van der Waals surface area (Å²) in [6.07, 6.45) is 1.03. The van der Waals surface area contributed by atoms with Gasteiger partial charge < -0.3 is 15.0 Å². The van der Waals surface area contributed by atoms with Crippen molar-refractivity contribution in [1.29, 1.82) is 0 Å². The van der Waals surface area contributed by atoms with Gasteiger partial charge in [0.15, 0.2) is 0 Å². The largest absolute Gasteiger partial charge is 0.385 e. The molecule has 3 nitrogen and oxygen atoms in total. The van der Waals surface area contributed by atoms with Gasteiger partial charge in [-0.15, -0.1) is 0 Å². The first-order valence-corrected chi connectivity index (χ1v) is 7.06. The Balaban J connectivity index is 2.86. The third-order valence-corrected chi connectivity index (χ3v) is 3.64. The zero-order chi connectivity index (χ0) is 13.5. The lowest BCUT2D eigenvalue weighted by molar-refractivity contribution is 0.196. The lowest BCUT2D eigenvalue weighted by atomic mass is 10.1. The molecule has 0 spiro atoms. The highest BCUT2D eigenvalue weighted by Crippen LogP contribution is 2.29. The normalized spacial score (nSPS) is 12.5. The number of rotatable bonds is 7. The van der Waals surface area contributed by atoms with E-state index in [1.165, 1.54) is 11.3 Å². The first-order chi connectivity index (χ1) is 8.60. The maximum Gasteiger partial charge on any atom is 0.0479 e. The van der Waals surface area contributed by atoms with Crippen molar-refractivity contribution < 1.29 is 4.74 Å². The summed E-state index contributed by atoms with van der Waals surface area (Å²) < 4.78 is 6.22. The monoisotopic (exact) mass is 314 g/mol. The molecule has 102 valence electrons. The van der Waals surface area contributed by atoms with E-state index >= 15 is 0 Å². The fraction of sp³-hybridized carbons (Fsp3) is 0.571. The van der Waals surface area contributed by atoms with Crippen LogP contribution < -0.4 is 10.2 Å². The van der Waals surface area contributed by atoms with Crippen molar-refractivity contribution in [2.24, 2.45) is 0 Å².